The first-order chi connectivity index (χ1) is 15.5. The normalized spacial score (nSPS) is 15.4. The summed E-state index contributed by atoms with van der Waals surface area (Å²) in [5, 5.41) is 3.60. The number of fused-ring (bicyclic) bond motifs is 1. The molecule has 8 heteroatoms. The minimum Gasteiger partial charge on any atom is -0.496 e. The number of hydrogen-bond donors (Lipinski definition) is 2. The van der Waals surface area contributed by atoms with Gasteiger partial charge in [0.25, 0.3) is 0 Å². The highest BCUT2D eigenvalue weighted by Crippen LogP contribution is 2.35. The molecule has 168 valence electrons. The zero-order valence-electron chi connectivity index (χ0n) is 18.6. The van der Waals surface area contributed by atoms with Crippen molar-refractivity contribution in [1.82, 2.24) is 9.88 Å². The molecule has 0 spiro atoms. The number of ether oxygens (including phenoxy) is 2. The van der Waals surface area contributed by atoms with E-state index in [-0.39, 0.29) is 17.6 Å². The molecular weight excluding hydrogens is 408 g/mol. The van der Waals surface area contributed by atoms with Crippen molar-refractivity contribution in [2.45, 2.75) is 13.0 Å². The Kier molecular flexibility index (Phi) is 6.32. The Bertz CT molecular complexity index is 1100. The monoisotopic (exact) mass is 436 g/mol. The second-order valence-electron chi connectivity index (χ2n) is 7.77. The van der Waals surface area contributed by atoms with Crippen LogP contribution in [0.15, 0.2) is 48.5 Å². The number of rotatable bonds is 6. The third-order valence-corrected chi connectivity index (χ3v) is 6.01. The lowest BCUT2D eigenvalue weighted by Gasteiger charge is -2.38. The second kappa shape index (κ2) is 9.32. The Balaban J connectivity index is 1.52. The third-order valence-electron chi connectivity index (χ3n) is 6.01. The van der Waals surface area contributed by atoms with Crippen LogP contribution in [0.5, 0.6) is 5.75 Å². The van der Waals surface area contributed by atoms with Crippen LogP contribution in [0.25, 0.3) is 10.9 Å². The maximum Gasteiger partial charge on any atom is 0.356 e. The molecule has 2 N–H and O–H groups in total. The van der Waals surface area contributed by atoms with Gasteiger partial charge >= 0.3 is 5.97 Å². The summed E-state index contributed by atoms with van der Waals surface area (Å²) in [5.41, 5.74) is 2.45. The summed E-state index contributed by atoms with van der Waals surface area (Å²) in [6.07, 6.45) is 0. The van der Waals surface area contributed by atoms with E-state index >= 15 is 0 Å². The number of aromatic amines is 1. The van der Waals surface area contributed by atoms with Crippen LogP contribution in [0, 0.1) is 0 Å². The van der Waals surface area contributed by atoms with Crippen molar-refractivity contribution in [3.8, 4) is 5.75 Å². The highest BCUT2D eigenvalue weighted by Gasteiger charge is 2.29. The van der Waals surface area contributed by atoms with Crippen LogP contribution >= 0.6 is 0 Å². The Morgan fingerprint density at radius 1 is 1.00 bits per heavy atom. The van der Waals surface area contributed by atoms with Crippen molar-refractivity contribution < 1.29 is 19.1 Å². The first-order valence-electron chi connectivity index (χ1n) is 10.7. The van der Waals surface area contributed by atoms with Gasteiger partial charge in [-0.1, -0.05) is 24.3 Å². The van der Waals surface area contributed by atoms with Gasteiger partial charge in [-0.25, -0.2) is 4.79 Å². The van der Waals surface area contributed by atoms with E-state index in [0.29, 0.717) is 22.3 Å². The maximum atomic E-state index is 13.2. The molecular formula is C24H28N4O4. The number of para-hydroxylation sites is 1. The largest absolute Gasteiger partial charge is 0.496 e. The topological polar surface area (TPSA) is 86.9 Å². The number of hydrogen-bond acceptors (Lipinski definition) is 6. The van der Waals surface area contributed by atoms with E-state index in [1.807, 2.05) is 37.3 Å². The van der Waals surface area contributed by atoms with Crippen molar-refractivity contribution >= 4 is 34.2 Å². The molecule has 1 unspecified atom stereocenters. The zero-order chi connectivity index (χ0) is 22.7. The number of H-pyrrole nitrogens is 1. The number of anilines is 2. The minimum atomic E-state index is -0.553. The van der Waals surface area contributed by atoms with Crippen LogP contribution in [0.3, 0.4) is 0 Å². The lowest BCUT2D eigenvalue weighted by molar-refractivity contribution is -0.120. The minimum absolute atomic E-state index is 0.185. The first kappa shape index (κ1) is 21.7. The molecule has 1 fully saturated rings. The highest BCUT2D eigenvalue weighted by atomic mass is 16.5. The number of amides is 1. The lowest BCUT2D eigenvalue weighted by Crippen LogP contribution is -2.52. The van der Waals surface area contributed by atoms with E-state index in [1.165, 1.54) is 12.8 Å². The average molecular weight is 437 g/mol. The number of benzene rings is 2. The number of nitrogens with zero attached hydrogens (tertiary/aromatic N) is 2. The van der Waals surface area contributed by atoms with Crippen LogP contribution < -0.4 is 15.0 Å². The number of carbonyl (C=O) groups is 2. The Labute approximate surface area is 187 Å². The number of methoxy groups -OCH3 is 2. The smallest absolute Gasteiger partial charge is 0.356 e. The molecule has 0 aliphatic carbocycles. The van der Waals surface area contributed by atoms with Crippen LogP contribution in [0.1, 0.15) is 17.4 Å². The molecule has 0 saturated carbocycles. The van der Waals surface area contributed by atoms with Crippen molar-refractivity contribution in [3.05, 3.63) is 54.2 Å². The fourth-order valence-electron chi connectivity index (χ4n) is 4.17. The number of carbonyl (C=O) groups excluding carboxylic acids is 2. The molecule has 1 amide bonds. The number of piperazine rings is 1. The molecule has 1 aromatic heterocycles. The van der Waals surface area contributed by atoms with Gasteiger partial charge in [0, 0.05) is 31.9 Å². The summed E-state index contributed by atoms with van der Waals surface area (Å²) in [5.74, 6) is -0.175. The molecule has 2 aromatic carbocycles. The molecule has 1 aliphatic heterocycles. The van der Waals surface area contributed by atoms with Gasteiger partial charge in [-0.05, 0) is 31.2 Å². The molecule has 1 saturated heterocycles. The maximum absolute atomic E-state index is 13.2. The van der Waals surface area contributed by atoms with Crippen molar-refractivity contribution in [1.29, 1.82) is 0 Å². The quantitative estimate of drug-likeness (QED) is 0.578. The molecule has 32 heavy (non-hydrogen) atoms. The summed E-state index contributed by atoms with van der Waals surface area (Å²) in [6, 6.07) is 15.4. The van der Waals surface area contributed by atoms with E-state index < -0.39 is 5.97 Å². The number of esters is 1. The fourth-order valence-corrected chi connectivity index (χ4v) is 4.17. The van der Waals surface area contributed by atoms with E-state index in [0.717, 1.165) is 26.2 Å². The molecule has 4 rings (SSSR count). The van der Waals surface area contributed by atoms with Crippen molar-refractivity contribution in [2.75, 3.05) is 50.6 Å². The standard InChI is InChI=1S/C24H28N4O4/c1-16(27-12-14-28(15-13-27)17-8-5-4-6-9-17)23(29)26-21-20-18(10-7-11-19(20)31-2)25-22(21)24(30)32-3/h4-11,16,25H,12-15H2,1-3H3,(H,26,29). The molecule has 0 radical (unpaired) electrons. The van der Waals surface area contributed by atoms with E-state index in [9.17, 15) is 9.59 Å². The molecule has 1 aliphatic rings. The van der Waals surface area contributed by atoms with Gasteiger partial charge in [0.1, 0.15) is 11.4 Å². The molecule has 2 heterocycles. The van der Waals surface area contributed by atoms with Crippen LogP contribution in [0.2, 0.25) is 0 Å². The van der Waals surface area contributed by atoms with E-state index in [1.54, 1.807) is 13.2 Å². The van der Waals surface area contributed by atoms with Crippen LogP contribution in [-0.2, 0) is 9.53 Å². The summed E-state index contributed by atoms with van der Waals surface area (Å²) >= 11 is 0. The van der Waals surface area contributed by atoms with Crippen LogP contribution in [0.4, 0.5) is 11.4 Å². The van der Waals surface area contributed by atoms with E-state index in [2.05, 4.69) is 32.2 Å². The summed E-state index contributed by atoms with van der Waals surface area (Å²) in [4.78, 5) is 33.1. The molecule has 0 bridgehead atoms. The predicted molar refractivity (Wildman–Crippen MR) is 125 cm³/mol. The molecule has 3 aromatic rings. The van der Waals surface area contributed by atoms with Crippen molar-refractivity contribution in [3.63, 3.8) is 0 Å². The van der Waals surface area contributed by atoms with Gasteiger partial charge in [-0.15, -0.1) is 0 Å². The lowest BCUT2D eigenvalue weighted by atomic mass is 10.1. The van der Waals surface area contributed by atoms with Gasteiger partial charge in [-0.3, -0.25) is 9.69 Å². The van der Waals surface area contributed by atoms with Gasteiger partial charge < -0.3 is 24.7 Å². The van der Waals surface area contributed by atoms with Crippen molar-refractivity contribution in [2.24, 2.45) is 0 Å². The molecule has 1 atom stereocenters. The highest BCUT2D eigenvalue weighted by molar-refractivity contribution is 6.13. The summed E-state index contributed by atoms with van der Waals surface area (Å²) in [7, 11) is 2.87. The van der Waals surface area contributed by atoms with Gasteiger partial charge in [-0.2, -0.15) is 0 Å². The Morgan fingerprint density at radius 2 is 1.72 bits per heavy atom. The Hall–Kier alpha value is -3.52. The van der Waals surface area contributed by atoms with Crippen LogP contribution in [-0.4, -0.2) is 68.2 Å². The Morgan fingerprint density at radius 3 is 2.38 bits per heavy atom. The predicted octanol–water partition coefficient (Wildman–Crippen LogP) is 3.11. The third kappa shape index (κ3) is 4.13. The fraction of sp³-hybridized carbons (Fsp3) is 0.333. The van der Waals surface area contributed by atoms with Gasteiger partial charge in [0.05, 0.1) is 36.9 Å². The molecule has 8 nitrogen and oxygen atoms in total. The summed E-state index contributed by atoms with van der Waals surface area (Å²) in [6.45, 7) is 5.11. The first-order valence-corrected chi connectivity index (χ1v) is 10.7. The average Bonchev–Trinajstić information content (AvgIpc) is 3.22. The second-order valence-corrected chi connectivity index (χ2v) is 7.77. The zero-order valence-corrected chi connectivity index (χ0v) is 18.6. The van der Waals surface area contributed by atoms with Gasteiger partial charge in [0.15, 0.2) is 0 Å². The van der Waals surface area contributed by atoms with Gasteiger partial charge in [0.2, 0.25) is 5.91 Å². The summed E-state index contributed by atoms with van der Waals surface area (Å²) < 4.78 is 10.4. The van der Waals surface area contributed by atoms with E-state index in [4.69, 9.17) is 9.47 Å². The number of nitrogens with one attached hydrogen (secondary N) is 2. The number of aromatic nitrogens is 1. The SMILES string of the molecule is COC(=O)c1[nH]c2cccc(OC)c2c1NC(=O)C(C)N1CCN(c2ccccc2)CC1.